The molecule has 2 aromatic carbocycles. The van der Waals surface area contributed by atoms with Gasteiger partial charge in [0, 0.05) is 6.92 Å². The van der Waals surface area contributed by atoms with Crippen LogP contribution in [0.5, 0.6) is 11.5 Å². The molecule has 0 aromatic heterocycles. The van der Waals surface area contributed by atoms with E-state index in [1.165, 1.54) is 30.3 Å². The highest BCUT2D eigenvalue weighted by molar-refractivity contribution is 6.01. The summed E-state index contributed by atoms with van der Waals surface area (Å²) in [6, 6.07) is 8.63. The van der Waals surface area contributed by atoms with E-state index in [4.69, 9.17) is 36.0 Å². The van der Waals surface area contributed by atoms with Crippen LogP contribution in [0.1, 0.15) is 39.6 Å². The number of hydrogen-bond donors (Lipinski definition) is 4. The predicted octanol–water partition coefficient (Wildman–Crippen LogP) is 0.0538. The molecule has 1 heterocycles. The van der Waals surface area contributed by atoms with Crippen LogP contribution in [0.3, 0.4) is 0 Å². The van der Waals surface area contributed by atoms with E-state index in [2.05, 4.69) is 4.99 Å². The molecule has 0 atom stereocenters. The number of aryl methyl sites for hydroxylation is 1. The maximum absolute atomic E-state index is 13.5. The second kappa shape index (κ2) is 13.6. The molecular formula is C26H27N5O11. The molecule has 0 bridgehead atoms. The van der Waals surface area contributed by atoms with E-state index >= 15 is 0 Å². The highest BCUT2D eigenvalue weighted by atomic mass is 16.7. The quantitative estimate of drug-likeness (QED) is 0.105. The summed E-state index contributed by atoms with van der Waals surface area (Å²) in [5, 5.41) is 18.4. The summed E-state index contributed by atoms with van der Waals surface area (Å²) >= 11 is 0. The molecule has 3 rings (SSSR count). The number of aliphatic imine (C=N–C) groups is 1. The summed E-state index contributed by atoms with van der Waals surface area (Å²) < 4.78 is 11.3. The lowest BCUT2D eigenvalue weighted by Crippen LogP contribution is -2.47. The number of esters is 1. The Morgan fingerprint density at radius 1 is 1.02 bits per heavy atom. The second-order valence-electron chi connectivity index (χ2n) is 8.81. The Bertz CT molecular complexity index is 1440. The maximum atomic E-state index is 13.5. The minimum Gasteiger partial charge on any atom is -0.489 e. The molecule has 42 heavy (non-hydrogen) atoms. The van der Waals surface area contributed by atoms with Crippen LogP contribution in [0.4, 0.5) is 5.69 Å². The molecule has 0 unspecified atom stereocenters. The van der Waals surface area contributed by atoms with Crippen molar-refractivity contribution in [1.29, 1.82) is 0 Å². The second-order valence-corrected chi connectivity index (χ2v) is 8.81. The van der Waals surface area contributed by atoms with E-state index in [-0.39, 0.29) is 35.2 Å². The lowest BCUT2D eigenvalue weighted by Gasteiger charge is -2.25. The largest absolute Gasteiger partial charge is 0.489 e. The van der Waals surface area contributed by atoms with Crippen molar-refractivity contribution in [3.8, 4) is 11.5 Å². The van der Waals surface area contributed by atoms with E-state index in [1.807, 2.05) is 0 Å². The Kier molecular flexibility index (Phi) is 10.00. The first-order valence-corrected chi connectivity index (χ1v) is 12.3. The molecule has 2 aromatic rings. The number of fused-ring (bicyclic) bond motifs is 2. The molecule has 1 aliphatic heterocycles. The number of carbonyl (C=O) groups excluding carboxylic acids is 4. The summed E-state index contributed by atoms with van der Waals surface area (Å²) in [6.07, 6.45) is 0.722. The van der Waals surface area contributed by atoms with Crippen LogP contribution in [0.2, 0.25) is 0 Å². The third-order valence-corrected chi connectivity index (χ3v) is 5.56. The summed E-state index contributed by atoms with van der Waals surface area (Å²) in [7, 11) is 0. The molecule has 0 fully saturated rings. The van der Waals surface area contributed by atoms with Crippen LogP contribution in [0.15, 0.2) is 41.4 Å². The average molecular weight is 586 g/mol. The molecule has 16 heteroatoms. The van der Waals surface area contributed by atoms with Gasteiger partial charge in [0.05, 0.1) is 23.4 Å². The zero-order valence-electron chi connectivity index (χ0n) is 22.3. The van der Waals surface area contributed by atoms with Gasteiger partial charge in [-0.15, -0.1) is 0 Å². The Balaban J connectivity index is 1.95. The van der Waals surface area contributed by atoms with Crippen molar-refractivity contribution >= 4 is 47.3 Å². The van der Waals surface area contributed by atoms with Crippen LogP contribution in [0, 0.1) is 0 Å². The SMILES string of the molecule is CC(=O)ON(CC(=O)N(CC(=O)O)CC(=O)O)C(=O)c1cccc2c1OCCCc1cc(N=C(N)N)ccc1C(=O)O2. The van der Waals surface area contributed by atoms with Gasteiger partial charge in [-0.1, -0.05) is 6.07 Å². The Morgan fingerprint density at radius 2 is 1.71 bits per heavy atom. The normalized spacial score (nSPS) is 12.3. The van der Waals surface area contributed by atoms with Gasteiger partial charge in [-0.3, -0.25) is 24.0 Å². The number of amides is 2. The molecule has 222 valence electrons. The number of nitrogens with zero attached hydrogens (tertiary/aromatic N) is 3. The molecule has 0 saturated heterocycles. The molecule has 0 radical (unpaired) electrons. The molecule has 0 saturated carbocycles. The summed E-state index contributed by atoms with van der Waals surface area (Å²) in [6.45, 7) is -2.00. The molecule has 0 spiro atoms. The topological polar surface area (TPSA) is 241 Å². The van der Waals surface area contributed by atoms with Gasteiger partial charge in [-0.25, -0.2) is 9.79 Å². The number of rotatable bonds is 8. The molecule has 0 aliphatic carbocycles. The van der Waals surface area contributed by atoms with Gasteiger partial charge in [-0.05, 0) is 48.7 Å². The lowest BCUT2D eigenvalue weighted by molar-refractivity contribution is -0.178. The van der Waals surface area contributed by atoms with E-state index in [0.29, 0.717) is 34.1 Å². The lowest BCUT2D eigenvalue weighted by atomic mass is 10.0. The van der Waals surface area contributed by atoms with Crippen LogP contribution >= 0.6 is 0 Å². The predicted molar refractivity (Wildman–Crippen MR) is 142 cm³/mol. The first kappa shape index (κ1) is 30.9. The number of carboxylic acid groups (broad SMARTS) is 2. The third kappa shape index (κ3) is 8.17. The number of guanidine groups is 1. The molecule has 1 aliphatic rings. The third-order valence-electron chi connectivity index (χ3n) is 5.56. The van der Waals surface area contributed by atoms with Crippen molar-refractivity contribution in [1.82, 2.24) is 9.96 Å². The van der Waals surface area contributed by atoms with Crippen molar-refractivity contribution in [2.75, 3.05) is 26.2 Å². The summed E-state index contributed by atoms with van der Waals surface area (Å²) in [5.74, 6) is -7.51. The minimum absolute atomic E-state index is 0.0400. The standard InChI is InChI=1S/C26H27N5O11/c1-14(32)42-31(11-20(33)30(12-21(34)35)13-22(36)37)24(38)18-5-2-6-19-23(18)40-9-3-4-15-10-16(29-26(27)28)7-8-17(15)25(39)41-19/h2,5-8,10H,3-4,9,11-13H2,1H3,(H,34,35)(H,36,37)(H4,27,28,29). The molecule has 16 nitrogen and oxygen atoms in total. The van der Waals surface area contributed by atoms with Crippen LogP contribution < -0.4 is 20.9 Å². The van der Waals surface area contributed by atoms with Gasteiger partial charge in [0.15, 0.2) is 17.5 Å². The first-order valence-electron chi connectivity index (χ1n) is 12.3. The van der Waals surface area contributed by atoms with Crippen molar-refractivity contribution in [3.63, 3.8) is 0 Å². The highest BCUT2D eigenvalue weighted by Gasteiger charge is 2.31. The Hall–Kier alpha value is -5.67. The smallest absolute Gasteiger partial charge is 0.343 e. The summed E-state index contributed by atoms with van der Waals surface area (Å²) in [5.41, 5.74) is 11.9. The Morgan fingerprint density at radius 3 is 2.33 bits per heavy atom. The first-order chi connectivity index (χ1) is 19.8. The fourth-order valence-corrected chi connectivity index (χ4v) is 3.93. The van der Waals surface area contributed by atoms with Crippen molar-refractivity contribution in [3.05, 3.63) is 53.1 Å². The van der Waals surface area contributed by atoms with Crippen molar-refractivity contribution < 1.29 is 53.3 Å². The number of hydroxylamine groups is 2. The van der Waals surface area contributed by atoms with Crippen LogP contribution in [-0.4, -0.2) is 88.1 Å². The highest BCUT2D eigenvalue weighted by Crippen LogP contribution is 2.34. The number of aliphatic carboxylic acids is 2. The number of ether oxygens (including phenoxy) is 2. The minimum atomic E-state index is -1.50. The molecule has 6 N–H and O–H groups in total. The number of hydrogen-bond acceptors (Lipinski definition) is 10. The van der Waals surface area contributed by atoms with Gasteiger partial charge < -0.3 is 40.9 Å². The van der Waals surface area contributed by atoms with Crippen molar-refractivity contribution in [2.24, 2.45) is 16.5 Å². The fraction of sp³-hybridized carbons (Fsp3) is 0.269. The fourth-order valence-electron chi connectivity index (χ4n) is 3.93. The van der Waals surface area contributed by atoms with Gasteiger partial charge in [0.1, 0.15) is 19.6 Å². The van der Waals surface area contributed by atoms with Gasteiger partial charge in [0.25, 0.3) is 5.91 Å². The van der Waals surface area contributed by atoms with E-state index in [9.17, 15) is 28.8 Å². The van der Waals surface area contributed by atoms with E-state index in [0.717, 1.165) is 6.92 Å². The maximum Gasteiger partial charge on any atom is 0.343 e. The molecular weight excluding hydrogens is 558 g/mol. The van der Waals surface area contributed by atoms with Crippen LogP contribution in [0.25, 0.3) is 0 Å². The Labute approximate surface area is 238 Å². The monoisotopic (exact) mass is 585 g/mol. The number of nitrogens with two attached hydrogens (primary N) is 2. The van der Waals surface area contributed by atoms with Gasteiger partial charge >= 0.3 is 23.9 Å². The number of benzene rings is 2. The van der Waals surface area contributed by atoms with Gasteiger partial charge in [-0.2, -0.15) is 5.06 Å². The molecule has 2 amide bonds. The zero-order chi connectivity index (χ0) is 31.0. The van der Waals surface area contributed by atoms with Crippen molar-refractivity contribution in [2.45, 2.75) is 19.8 Å². The number of carboxylic acids is 2. The van der Waals surface area contributed by atoms with E-state index < -0.39 is 55.3 Å². The number of para-hydroxylation sites is 1. The zero-order valence-corrected chi connectivity index (χ0v) is 22.3. The average Bonchev–Trinajstić information content (AvgIpc) is 2.89. The van der Waals surface area contributed by atoms with Gasteiger partial charge in [0.2, 0.25) is 5.91 Å². The van der Waals surface area contributed by atoms with Crippen LogP contribution in [-0.2, 0) is 30.4 Å². The number of carbonyl (C=O) groups is 6. The van der Waals surface area contributed by atoms with E-state index in [1.54, 1.807) is 6.07 Å². The summed E-state index contributed by atoms with van der Waals surface area (Å²) in [4.78, 5) is 82.7.